The van der Waals surface area contributed by atoms with Gasteiger partial charge in [0.15, 0.2) is 0 Å². The molecule has 2 rings (SSSR count). The number of aromatic nitrogens is 2. The molecule has 0 saturated carbocycles. The molecule has 1 fully saturated rings. The van der Waals surface area contributed by atoms with Crippen molar-refractivity contribution in [2.75, 3.05) is 18.9 Å². The fraction of sp³-hybridized carbons (Fsp3) is 0.455. The van der Waals surface area contributed by atoms with Crippen LogP contribution in [-0.2, 0) is 4.79 Å². The smallest absolute Gasteiger partial charge is 0.271 e. The minimum atomic E-state index is -0.286. The molecule has 0 radical (unpaired) electrons. The van der Waals surface area contributed by atoms with Crippen LogP contribution in [0.1, 0.15) is 23.3 Å². The Balaban J connectivity index is 1.85. The molecule has 1 aliphatic rings. The van der Waals surface area contributed by atoms with E-state index in [1.165, 1.54) is 12.4 Å². The van der Waals surface area contributed by atoms with E-state index in [9.17, 15) is 9.59 Å². The van der Waals surface area contributed by atoms with Crippen molar-refractivity contribution in [2.45, 2.75) is 18.9 Å². The first kappa shape index (κ1) is 12.3. The van der Waals surface area contributed by atoms with Gasteiger partial charge in [-0.05, 0) is 6.42 Å². The Kier molecular flexibility index (Phi) is 3.71. The van der Waals surface area contributed by atoms with E-state index in [2.05, 4.69) is 25.9 Å². The summed E-state index contributed by atoms with van der Waals surface area (Å²) in [7, 11) is 1.73. The molecule has 1 aliphatic heterocycles. The molecule has 1 atom stereocenters. The summed E-state index contributed by atoms with van der Waals surface area (Å²) in [4.78, 5) is 30.7. The van der Waals surface area contributed by atoms with Crippen LogP contribution in [0.15, 0.2) is 12.4 Å². The Bertz CT molecular complexity index is 445. The van der Waals surface area contributed by atoms with Crippen LogP contribution in [-0.4, -0.2) is 41.4 Å². The lowest BCUT2D eigenvalue weighted by Gasteiger charge is -2.10. The van der Waals surface area contributed by atoms with Gasteiger partial charge in [-0.15, -0.1) is 0 Å². The first-order valence-electron chi connectivity index (χ1n) is 5.76. The molecular formula is C11H15N5O2. The zero-order valence-corrected chi connectivity index (χ0v) is 10.1. The number of carbonyl (C=O) groups is 2. The van der Waals surface area contributed by atoms with Crippen LogP contribution in [0.25, 0.3) is 0 Å². The van der Waals surface area contributed by atoms with Gasteiger partial charge < -0.3 is 16.0 Å². The molecule has 1 aromatic rings. The van der Waals surface area contributed by atoms with E-state index in [0.717, 1.165) is 6.42 Å². The van der Waals surface area contributed by atoms with Crippen molar-refractivity contribution in [1.29, 1.82) is 0 Å². The highest BCUT2D eigenvalue weighted by Crippen LogP contribution is 2.05. The van der Waals surface area contributed by atoms with Gasteiger partial charge in [-0.25, -0.2) is 9.97 Å². The third kappa shape index (κ3) is 2.93. The maximum atomic E-state index is 11.7. The summed E-state index contributed by atoms with van der Waals surface area (Å²) in [6.07, 6.45) is 4.18. The summed E-state index contributed by atoms with van der Waals surface area (Å²) in [5.74, 6) is 0.355. The molecule has 2 heterocycles. The maximum absolute atomic E-state index is 11.7. The Morgan fingerprint density at radius 2 is 2.33 bits per heavy atom. The number of hydrogen-bond donors (Lipinski definition) is 3. The highest BCUT2D eigenvalue weighted by Gasteiger charge is 2.21. The molecule has 1 unspecified atom stereocenters. The number of anilines is 1. The quantitative estimate of drug-likeness (QED) is 0.670. The Hall–Kier alpha value is -2.18. The lowest BCUT2D eigenvalue weighted by molar-refractivity contribution is -0.119. The lowest BCUT2D eigenvalue weighted by Crippen LogP contribution is -2.38. The minimum Gasteiger partial charge on any atom is -0.372 e. The van der Waals surface area contributed by atoms with Crippen molar-refractivity contribution in [3.63, 3.8) is 0 Å². The Morgan fingerprint density at radius 3 is 2.89 bits per heavy atom. The van der Waals surface area contributed by atoms with Gasteiger partial charge in [-0.2, -0.15) is 0 Å². The SMILES string of the molecule is CNc1cnc(C(=O)NCC2CCC(=O)N2)cn1. The second kappa shape index (κ2) is 5.44. The molecule has 0 bridgehead atoms. The Labute approximate surface area is 104 Å². The van der Waals surface area contributed by atoms with Crippen LogP contribution in [0.4, 0.5) is 5.82 Å². The summed E-state index contributed by atoms with van der Waals surface area (Å²) in [6.45, 7) is 0.417. The Morgan fingerprint density at radius 1 is 1.50 bits per heavy atom. The number of rotatable bonds is 4. The summed E-state index contributed by atoms with van der Waals surface area (Å²) in [5.41, 5.74) is 0.262. The molecule has 3 N–H and O–H groups in total. The van der Waals surface area contributed by atoms with E-state index in [0.29, 0.717) is 18.8 Å². The van der Waals surface area contributed by atoms with E-state index in [4.69, 9.17) is 0 Å². The lowest BCUT2D eigenvalue weighted by atomic mass is 10.2. The summed E-state index contributed by atoms with van der Waals surface area (Å²) < 4.78 is 0. The van der Waals surface area contributed by atoms with Gasteiger partial charge in [-0.3, -0.25) is 9.59 Å². The number of carbonyl (C=O) groups excluding carboxylic acids is 2. The zero-order chi connectivity index (χ0) is 13.0. The summed E-state index contributed by atoms with van der Waals surface area (Å²) in [5, 5.41) is 8.32. The zero-order valence-electron chi connectivity index (χ0n) is 10.1. The van der Waals surface area contributed by atoms with Crippen molar-refractivity contribution in [2.24, 2.45) is 0 Å². The molecule has 0 aliphatic carbocycles. The molecule has 1 saturated heterocycles. The fourth-order valence-corrected chi connectivity index (χ4v) is 1.71. The van der Waals surface area contributed by atoms with Gasteiger partial charge in [-0.1, -0.05) is 0 Å². The van der Waals surface area contributed by atoms with Crippen LogP contribution in [0.3, 0.4) is 0 Å². The minimum absolute atomic E-state index is 0.0194. The van der Waals surface area contributed by atoms with Crippen molar-refractivity contribution < 1.29 is 9.59 Å². The van der Waals surface area contributed by atoms with Gasteiger partial charge in [0.05, 0.1) is 12.4 Å². The highest BCUT2D eigenvalue weighted by atomic mass is 16.2. The predicted octanol–water partition coefficient (Wildman–Crippen LogP) is -0.473. The van der Waals surface area contributed by atoms with Crippen LogP contribution in [0, 0.1) is 0 Å². The summed E-state index contributed by atoms with van der Waals surface area (Å²) in [6, 6.07) is 0.0194. The number of nitrogens with one attached hydrogen (secondary N) is 3. The van der Waals surface area contributed by atoms with Crippen LogP contribution in [0.5, 0.6) is 0 Å². The van der Waals surface area contributed by atoms with Crippen LogP contribution in [0.2, 0.25) is 0 Å². The van der Waals surface area contributed by atoms with Gasteiger partial charge in [0.25, 0.3) is 5.91 Å². The summed E-state index contributed by atoms with van der Waals surface area (Å²) >= 11 is 0. The third-order valence-electron chi connectivity index (χ3n) is 2.73. The van der Waals surface area contributed by atoms with Crippen molar-refractivity contribution >= 4 is 17.6 Å². The molecule has 96 valence electrons. The van der Waals surface area contributed by atoms with E-state index in [1.54, 1.807) is 7.05 Å². The first-order chi connectivity index (χ1) is 8.69. The molecular weight excluding hydrogens is 234 g/mol. The standard InChI is InChI=1S/C11H15N5O2/c1-12-9-6-13-8(5-14-9)11(18)15-4-7-2-3-10(17)16-7/h5-7H,2-4H2,1H3,(H,12,14)(H,15,18)(H,16,17). The second-order valence-corrected chi connectivity index (χ2v) is 4.05. The molecule has 0 aromatic carbocycles. The maximum Gasteiger partial charge on any atom is 0.271 e. The largest absolute Gasteiger partial charge is 0.372 e. The number of amides is 2. The highest BCUT2D eigenvalue weighted by molar-refractivity contribution is 5.92. The van der Waals surface area contributed by atoms with E-state index in [1.807, 2.05) is 0 Å². The van der Waals surface area contributed by atoms with Gasteiger partial charge in [0.1, 0.15) is 11.5 Å². The van der Waals surface area contributed by atoms with Crippen molar-refractivity contribution in [3.05, 3.63) is 18.1 Å². The van der Waals surface area contributed by atoms with Gasteiger partial charge in [0.2, 0.25) is 5.91 Å². The van der Waals surface area contributed by atoms with Crippen LogP contribution >= 0.6 is 0 Å². The average molecular weight is 249 g/mol. The van der Waals surface area contributed by atoms with E-state index < -0.39 is 0 Å². The predicted molar refractivity (Wildman–Crippen MR) is 65.1 cm³/mol. The number of nitrogens with zero attached hydrogens (tertiary/aromatic N) is 2. The van der Waals surface area contributed by atoms with Gasteiger partial charge in [0, 0.05) is 26.1 Å². The van der Waals surface area contributed by atoms with Crippen LogP contribution < -0.4 is 16.0 Å². The first-order valence-corrected chi connectivity index (χ1v) is 5.76. The van der Waals surface area contributed by atoms with E-state index in [-0.39, 0.29) is 23.6 Å². The van der Waals surface area contributed by atoms with Gasteiger partial charge >= 0.3 is 0 Å². The van der Waals surface area contributed by atoms with Crippen molar-refractivity contribution in [1.82, 2.24) is 20.6 Å². The fourth-order valence-electron chi connectivity index (χ4n) is 1.71. The third-order valence-corrected chi connectivity index (χ3v) is 2.73. The monoisotopic (exact) mass is 249 g/mol. The second-order valence-electron chi connectivity index (χ2n) is 4.05. The molecule has 7 nitrogen and oxygen atoms in total. The molecule has 7 heteroatoms. The number of hydrogen-bond acceptors (Lipinski definition) is 5. The topological polar surface area (TPSA) is 96.0 Å². The molecule has 18 heavy (non-hydrogen) atoms. The average Bonchev–Trinajstić information content (AvgIpc) is 2.82. The molecule has 0 spiro atoms. The normalized spacial score (nSPS) is 18.3. The molecule has 2 amide bonds. The van der Waals surface area contributed by atoms with E-state index >= 15 is 0 Å². The van der Waals surface area contributed by atoms with Crippen molar-refractivity contribution in [3.8, 4) is 0 Å². The molecule has 1 aromatic heterocycles.